The number of hydrogen-bond donors (Lipinski definition) is 0. The van der Waals surface area contributed by atoms with Crippen LogP contribution in [-0.4, -0.2) is 63.0 Å². The number of nitrogens with zero attached hydrogens (tertiary/aromatic N) is 2. The van der Waals surface area contributed by atoms with E-state index >= 15 is 0 Å². The highest BCUT2D eigenvalue weighted by Crippen LogP contribution is 2.36. The molecular formula is C18H28BFN2O4S. The first-order chi connectivity index (χ1) is 12.5. The summed E-state index contributed by atoms with van der Waals surface area (Å²) in [4.78, 5) is 1.88. The summed E-state index contributed by atoms with van der Waals surface area (Å²) in [7, 11) is -3.80. The molecule has 0 bridgehead atoms. The molecule has 0 unspecified atom stereocenters. The van der Waals surface area contributed by atoms with Crippen molar-refractivity contribution in [3.05, 3.63) is 24.0 Å². The summed E-state index contributed by atoms with van der Waals surface area (Å²) < 4.78 is 52.1. The monoisotopic (exact) mass is 398 g/mol. The third-order valence-electron chi connectivity index (χ3n) is 5.83. The molecule has 0 saturated carbocycles. The van der Waals surface area contributed by atoms with Gasteiger partial charge in [-0.05, 0) is 52.2 Å². The maximum absolute atomic E-state index is 14.8. The number of hydrogen-bond acceptors (Lipinski definition) is 5. The van der Waals surface area contributed by atoms with Crippen LogP contribution < -0.4 is 10.4 Å². The Morgan fingerprint density at radius 1 is 1.07 bits per heavy atom. The summed E-state index contributed by atoms with van der Waals surface area (Å²) in [6.07, 6.45) is 0. The molecule has 9 heteroatoms. The van der Waals surface area contributed by atoms with Crippen LogP contribution in [0.3, 0.4) is 0 Å². The van der Waals surface area contributed by atoms with Crippen LogP contribution in [0.2, 0.25) is 0 Å². The molecule has 1 aromatic rings. The van der Waals surface area contributed by atoms with E-state index in [1.165, 1.54) is 10.4 Å². The number of rotatable bonds is 4. The molecule has 6 nitrogen and oxygen atoms in total. The van der Waals surface area contributed by atoms with Crippen LogP contribution in [0.25, 0.3) is 0 Å². The lowest BCUT2D eigenvalue weighted by molar-refractivity contribution is 0.00578. The molecule has 2 fully saturated rings. The van der Waals surface area contributed by atoms with Gasteiger partial charge in [0.25, 0.3) is 0 Å². The lowest BCUT2D eigenvalue weighted by atomic mass is 9.79. The highest BCUT2D eigenvalue weighted by molar-refractivity contribution is 7.89. The largest absolute Gasteiger partial charge is 0.494 e. The predicted octanol–water partition coefficient (Wildman–Crippen LogP) is 1.60. The van der Waals surface area contributed by atoms with E-state index < -0.39 is 28.3 Å². The Labute approximate surface area is 161 Å². The Hall–Kier alpha value is -1.16. The minimum absolute atomic E-state index is 0.0874. The van der Waals surface area contributed by atoms with Crippen molar-refractivity contribution in [1.82, 2.24) is 4.31 Å². The normalized spacial score (nSPS) is 23.0. The molecule has 27 heavy (non-hydrogen) atoms. The SMILES string of the molecule is CCS(=O)(=O)N1CCN(c2ccc(B3OC(C)(C)C(C)(C)O3)cc2F)CC1. The molecule has 2 aliphatic rings. The quantitative estimate of drug-likeness (QED) is 0.722. The number of halogens is 1. The number of sulfonamides is 1. The topological polar surface area (TPSA) is 59.1 Å². The molecule has 0 aliphatic carbocycles. The second kappa shape index (κ2) is 7.02. The van der Waals surface area contributed by atoms with E-state index in [-0.39, 0.29) is 11.6 Å². The number of piperazine rings is 1. The summed E-state index contributed by atoms with van der Waals surface area (Å²) in [6.45, 7) is 11.1. The third-order valence-corrected chi connectivity index (χ3v) is 7.72. The summed E-state index contributed by atoms with van der Waals surface area (Å²) in [6, 6.07) is 4.99. The zero-order chi connectivity index (χ0) is 20.0. The molecule has 0 radical (unpaired) electrons. The molecule has 0 amide bonds. The van der Waals surface area contributed by atoms with Crippen molar-refractivity contribution in [1.29, 1.82) is 0 Å². The minimum atomic E-state index is -3.20. The van der Waals surface area contributed by atoms with Gasteiger partial charge in [0.1, 0.15) is 5.82 Å². The molecular weight excluding hydrogens is 370 g/mol. The number of anilines is 1. The van der Waals surface area contributed by atoms with Crippen molar-refractivity contribution in [2.45, 2.75) is 45.8 Å². The fourth-order valence-corrected chi connectivity index (χ4v) is 4.38. The van der Waals surface area contributed by atoms with E-state index in [9.17, 15) is 12.8 Å². The van der Waals surface area contributed by atoms with Gasteiger partial charge in [-0.15, -0.1) is 0 Å². The van der Waals surface area contributed by atoms with Crippen LogP contribution in [0.5, 0.6) is 0 Å². The zero-order valence-electron chi connectivity index (χ0n) is 16.7. The van der Waals surface area contributed by atoms with Crippen molar-refractivity contribution >= 4 is 28.3 Å². The Bertz CT molecular complexity index is 792. The van der Waals surface area contributed by atoms with Gasteiger partial charge in [0.15, 0.2) is 0 Å². The Balaban J connectivity index is 1.72. The average molecular weight is 398 g/mol. The first-order valence-electron chi connectivity index (χ1n) is 9.35. The first-order valence-corrected chi connectivity index (χ1v) is 11.0. The second-order valence-corrected chi connectivity index (χ2v) is 10.3. The fraction of sp³-hybridized carbons (Fsp3) is 0.667. The van der Waals surface area contributed by atoms with Gasteiger partial charge in [0, 0.05) is 26.2 Å². The molecule has 2 heterocycles. The van der Waals surface area contributed by atoms with Gasteiger partial charge in [0.05, 0.1) is 22.6 Å². The van der Waals surface area contributed by atoms with Crippen LogP contribution in [0.15, 0.2) is 18.2 Å². The molecule has 0 spiro atoms. The summed E-state index contributed by atoms with van der Waals surface area (Å²) in [5.74, 6) is -0.265. The average Bonchev–Trinajstić information content (AvgIpc) is 2.82. The molecule has 0 atom stereocenters. The molecule has 3 rings (SSSR count). The molecule has 2 saturated heterocycles. The van der Waals surface area contributed by atoms with Gasteiger partial charge in [-0.3, -0.25) is 0 Å². The van der Waals surface area contributed by atoms with Gasteiger partial charge in [-0.25, -0.2) is 12.8 Å². The van der Waals surface area contributed by atoms with Gasteiger partial charge in [-0.2, -0.15) is 4.31 Å². The van der Waals surface area contributed by atoms with Gasteiger partial charge >= 0.3 is 7.12 Å². The summed E-state index contributed by atoms with van der Waals surface area (Å²) in [5.41, 5.74) is 0.160. The second-order valence-electron chi connectivity index (χ2n) is 8.09. The van der Waals surface area contributed by atoms with Gasteiger partial charge in [0.2, 0.25) is 10.0 Å². The smallest absolute Gasteiger partial charge is 0.399 e. The van der Waals surface area contributed by atoms with Crippen LogP contribution in [0.4, 0.5) is 10.1 Å². The van der Waals surface area contributed by atoms with Gasteiger partial charge < -0.3 is 14.2 Å². The van der Waals surface area contributed by atoms with Crippen molar-refractivity contribution in [2.75, 3.05) is 36.8 Å². The lowest BCUT2D eigenvalue weighted by Gasteiger charge is -2.35. The third kappa shape index (κ3) is 3.88. The van der Waals surface area contributed by atoms with E-state index in [4.69, 9.17) is 9.31 Å². The summed E-state index contributed by atoms with van der Waals surface area (Å²) >= 11 is 0. The first kappa shape index (κ1) is 20.6. The van der Waals surface area contributed by atoms with Crippen molar-refractivity contribution in [3.63, 3.8) is 0 Å². The van der Waals surface area contributed by atoms with E-state index in [2.05, 4.69) is 0 Å². The van der Waals surface area contributed by atoms with Crippen molar-refractivity contribution in [2.24, 2.45) is 0 Å². The van der Waals surface area contributed by atoms with Crippen molar-refractivity contribution < 1.29 is 22.1 Å². The van der Waals surface area contributed by atoms with Crippen LogP contribution in [-0.2, 0) is 19.3 Å². The lowest BCUT2D eigenvalue weighted by Crippen LogP contribution is -2.49. The molecule has 2 aliphatic heterocycles. The maximum atomic E-state index is 14.8. The number of benzene rings is 1. The molecule has 0 aromatic heterocycles. The van der Waals surface area contributed by atoms with E-state index in [0.29, 0.717) is 37.3 Å². The maximum Gasteiger partial charge on any atom is 0.494 e. The fourth-order valence-electron chi connectivity index (χ4n) is 3.30. The van der Waals surface area contributed by atoms with Crippen molar-refractivity contribution in [3.8, 4) is 0 Å². The van der Waals surface area contributed by atoms with Crippen LogP contribution >= 0.6 is 0 Å². The van der Waals surface area contributed by atoms with E-state index in [1.54, 1.807) is 13.0 Å². The standard InChI is InChI=1S/C18H28BFN2O4S/c1-6-27(23,24)22-11-9-21(10-12-22)16-8-7-14(13-15(16)20)19-25-17(2,3)18(4,5)26-19/h7-8,13H,6,9-12H2,1-5H3. The van der Waals surface area contributed by atoms with E-state index in [0.717, 1.165) is 0 Å². The summed E-state index contributed by atoms with van der Waals surface area (Å²) in [5, 5.41) is 0. The Kier molecular flexibility index (Phi) is 5.35. The Morgan fingerprint density at radius 3 is 2.11 bits per heavy atom. The van der Waals surface area contributed by atoms with Gasteiger partial charge in [-0.1, -0.05) is 6.07 Å². The zero-order valence-corrected chi connectivity index (χ0v) is 17.5. The molecule has 150 valence electrons. The highest BCUT2D eigenvalue weighted by Gasteiger charge is 2.51. The van der Waals surface area contributed by atoms with Crippen LogP contribution in [0, 0.1) is 5.82 Å². The highest BCUT2D eigenvalue weighted by atomic mass is 32.2. The van der Waals surface area contributed by atoms with Crippen LogP contribution in [0.1, 0.15) is 34.6 Å². The Morgan fingerprint density at radius 2 is 1.63 bits per heavy atom. The predicted molar refractivity (Wildman–Crippen MR) is 105 cm³/mol. The molecule has 0 N–H and O–H groups in total. The molecule has 1 aromatic carbocycles. The van der Waals surface area contributed by atoms with E-state index in [1.807, 2.05) is 38.7 Å². The minimum Gasteiger partial charge on any atom is -0.399 e.